The van der Waals surface area contributed by atoms with Gasteiger partial charge in [0, 0.05) is 43.3 Å². The van der Waals surface area contributed by atoms with Crippen LogP contribution in [-0.4, -0.2) is 54.5 Å². The zero-order valence-corrected chi connectivity index (χ0v) is 16.7. The first-order chi connectivity index (χ1) is 14.1. The second-order valence-corrected chi connectivity index (χ2v) is 7.42. The molecule has 29 heavy (non-hydrogen) atoms. The Labute approximate surface area is 174 Å². The SMILES string of the molecule is O=C(Cc1c[nH]c2ccccc12)OCC(=O)N1CCN(c2ccccc2Cl)CC1. The fourth-order valence-electron chi connectivity index (χ4n) is 3.62. The first-order valence-electron chi connectivity index (χ1n) is 9.59. The number of piperazine rings is 1. The highest BCUT2D eigenvalue weighted by Crippen LogP contribution is 2.26. The van der Waals surface area contributed by atoms with Crippen molar-refractivity contribution in [3.05, 3.63) is 65.3 Å². The molecule has 0 bridgehead atoms. The Hall–Kier alpha value is -2.99. The minimum absolute atomic E-state index is 0.136. The molecule has 2 heterocycles. The molecule has 4 rings (SSSR count). The Morgan fingerprint density at radius 1 is 1.00 bits per heavy atom. The minimum Gasteiger partial charge on any atom is -0.455 e. The van der Waals surface area contributed by atoms with Crippen LogP contribution in [0.2, 0.25) is 5.02 Å². The topological polar surface area (TPSA) is 65.6 Å². The Morgan fingerprint density at radius 3 is 2.52 bits per heavy atom. The molecule has 2 aromatic carbocycles. The molecule has 7 heteroatoms. The number of carbonyl (C=O) groups is 2. The summed E-state index contributed by atoms with van der Waals surface area (Å²) < 4.78 is 5.23. The van der Waals surface area contributed by atoms with E-state index in [9.17, 15) is 9.59 Å². The number of para-hydroxylation sites is 2. The summed E-state index contributed by atoms with van der Waals surface area (Å²) in [5.74, 6) is -0.575. The third-order valence-electron chi connectivity index (χ3n) is 5.19. The number of nitrogens with zero attached hydrogens (tertiary/aromatic N) is 2. The van der Waals surface area contributed by atoms with Gasteiger partial charge in [0.2, 0.25) is 0 Å². The van der Waals surface area contributed by atoms with Gasteiger partial charge in [0.1, 0.15) is 0 Å². The number of hydrogen-bond acceptors (Lipinski definition) is 4. The van der Waals surface area contributed by atoms with Crippen LogP contribution in [0.4, 0.5) is 5.69 Å². The van der Waals surface area contributed by atoms with Crippen molar-refractivity contribution < 1.29 is 14.3 Å². The first-order valence-corrected chi connectivity index (χ1v) is 9.97. The van der Waals surface area contributed by atoms with E-state index in [-0.39, 0.29) is 18.9 Å². The lowest BCUT2D eigenvalue weighted by Gasteiger charge is -2.36. The summed E-state index contributed by atoms with van der Waals surface area (Å²) in [4.78, 5) is 31.6. The number of rotatable bonds is 5. The van der Waals surface area contributed by atoms with Crippen molar-refractivity contribution in [2.45, 2.75) is 6.42 Å². The standard InChI is InChI=1S/C22H22ClN3O3/c23-18-6-2-4-8-20(18)25-9-11-26(12-10-25)21(27)15-29-22(28)13-16-14-24-19-7-3-1-5-17(16)19/h1-8,14,24H,9-13,15H2. The summed E-state index contributed by atoms with van der Waals surface area (Å²) in [6.45, 7) is 2.30. The van der Waals surface area contributed by atoms with Crippen LogP contribution >= 0.6 is 11.6 Å². The molecule has 1 saturated heterocycles. The Balaban J connectivity index is 1.26. The van der Waals surface area contributed by atoms with Gasteiger partial charge in [-0.1, -0.05) is 41.9 Å². The van der Waals surface area contributed by atoms with E-state index in [1.54, 1.807) is 4.90 Å². The van der Waals surface area contributed by atoms with Crippen LogP contribution in [0.1, 0.15) is 5.56 Å². The van der Waals surface area contributed by atoms with Crippen molar-refractivity contribution in [3.63, 3.8) is 0 Å². The maximum absolute atomic E-state index is 12.4. The maximum atomic E-state index is 12.4. The molecule has 0 aliphatic carbocycles. The first kappa shape index (κ1) is 19.3. The summed E-state index contributed by atoms with van der Waals surface area (Å²) in [6.07, 6.45) is 1.94. The van der Waals surface area contributed by atoms with E-state index in [0.29, 0.717) is 31.2 Å². The second-order valence-electron chi connectivity index (χ2n) is 7.02. The van der Waals surface area contributed by atoms with Gasteiger partial charge >= 0.3 is 5.97 Å². The zero-order valence-electron chi connectivity index (χ0n) is 15.9. The molecule has 1 aromatic heterocycles. The van der Waals surface area contributed by atoms with E-state index in [1.165, 1.54) is 0 Å². The molecular formula is C22H22ClN3O3. The summed E-state index contributed by atoms with van der Waals surface area (Å²) in [5, 5.41) is 1.70. The van der Waals surface area contributed by atoms with Crippen LogP contribution in [0.25, 0.3) is 10.9 Å². The largest absolute Gasteiger partial charge is 0.455 e. The summed E-state index contributed by atoms with van der Waals surface area (Å²) in [6, 6.07) is 15.5. The lowest BCUT2D eigenvalue weighted by Crippen LogP contribution is -2.50. The molecule has 0 saturated carbocycles. The number of H-pyrrole nitrogens is 1. The van der Waals surface area contributed by atoms with Gasteiger partial charge < -0.3 is 19.5 Å². The Kier molecular flexibility index (Phi) is 5.71. The van der Waals surface area contributed by atoms with Gasteiger partial charge in [-0.05, 0) is 23.8 Å². The highest BCUT2D eigenvalue weighted by atomic mass is 35.5. The van der Waals surface area contributed by atoms with Crippen LogP contribution in [0.5, 0.6) is 0 Å². The Bertz CT molecular complexity index is 1020. The molecule has 1 aliphatic rings. The molecule has 1 amide bonds. The predicted molar refractivity (Wildman–Crippen MR) is 113 cm³/mol. The maximum Gasteiger partial charge on any atom is 0.310 e. The van der Waals surface area contributed by atoms with Gasteiger partial charge in [-0.2, -0.15) is 0 Å². The third-order valence-corrected chi connectivity index (χ3v) is 5.51. The molecule has 0 spiro atoms. The van der Waals surface area contributed by atoms with Crippen LogP contribution < -0.4 is 4.90 Å². The van der Waals surface area contributed by atoms with E-state index in [0.717, 1.165) is 22.2 Å². The fourth-order valence-corrected chi connectivity index (χ4v) is 3.88. The zero-order chi connectivity index (χ0) is 20.2. The molecule has 6 nitrogen and oxygen atoms in total. The molecular weight excluding hydrogens is 390 g/mol. The van der Waals surface area contributed by atoms with Crippen LogP contribution in [-0.2, 0) is 20.7 Å². The number of anilines is 1. The van der Waals surface area contributed by atoms with Crippen molar-refractivity contribution in [2.75, 3.05) is 37.7 Å². The van der Waals surface area contributed by atoms with Gasteiger partial charge in [0.05, 0.1) is 17.1 Å². The van der Waals surface area contributed by atoms with Crippen LogP contribution in [0, 0.1) is 0 Å². The predicted octanol–water partition coefficient (Wildman–Crippen LogP) is 3.26. The van der Waals surface area contributed by atoms with Gasteiger partial charge in [0.25, 0.3) is 5.91 Å². The quantitative estimate of drug-likeness (QED) is 0.654. The third kappa shape index (κ3) is 4.38. The van der Waals surface area contributed by atoms with Crippen LogP contribution in [0.15, 0.2) is 54.7 Å². The molecule has 0 atom stereocenters. The molecule has 0 unspecified atom stereocenters. The van der Waals surface area contributed by atoms with Gasteiger partial charge in [0.15, 0.2) is 6.61 Å². The van der Waals surface area contributed by atoms with Crippen molar-refractivity contribution in [1.29, 1.82) is 0 Å². The molecule has 1 fully saturated rings. The van der Waals surface area contributed by atoms with Crippen LogP contribution in [0.3, 0.4) is 0 Å². The summed E-state index contributed by atoms with van der Waals surface area (Å²) >= 11 is 6.25. The van der Waals surface area contributed by atoms with E-state index in [4.69, 9.17) is 16.3 Å². The fraction of sp³-hybridized carbons (Fsp3) is 0.273. The second kappa shape index (κ2) is 8.57. The van der Waals surface area contributed by atoms with Crippen molar-refractivity contribution >= 4 is 40.1 Å². The number of nitrogens with one attached hydrogen (secondary N) is 1. The lowest BCUT2D eigenvalue weighted by molar-refractivity contribution is -0.151. The Morgan fingerprint density at radius 2 is 1.72 bits per heavy atom. The average Bonchev–Trinajstić information content (AvgIpc) is 3.15. The number of carbonyl (C=O) groups excluding carboxylic acids is 2. The number of amides is 1. The van der Waals surface area contributed by atoms with E-state index in [1.807, 2.05) is 54.7 Å². The minimum atomic E-state index is -0.405. The summed E-state index contributed by atoms with van der Waals surface area (Å²) in [5.41, 5.74) is 2.82. The number of aromatic nitrogens is 1. The van der Waals surface area contributed by atoms with E-state index < -0.39 is 5.97 Å². The van der Waals surface area contributed by atoms with Crippen molar-refractivity contribution in [1.82, 2.24) is 9.88 Å². The number of esters is 1. The highest BCUT2D eigenvalue weighted by Gasteiger charge is 2.23. The van der Waals surface area contributed by atoms with E-state index >= 15 is 0 Å². The monoisotopic (exact) mass is 411 g/mol. The number of hydrogen-bond donors (Lipinski definition) is 1. The van der Waals surface area contributed by atoms with Gasteiger partial charge in [-0.3, -0.25) is 9.59 Å². The average molecular weight is 412 g/mol. The van der Waals surface area contributed by atoms with Crippen molar-refractivity contribution in [2.24, 2.45) is 0 Å². The molecule has 150 valence electrons. The molecule has 3 aromatic rings. The normalized spacial score (nSPS) is 14.2. The lowest BCUT2D eigenvalue weighted by atomic mass is 10.1. The van der Waals surface area contributed by atoms with Gasteiger partial charge in [-0.15, -0.1) is 0 Å². The molecule has 1 aliphatic heterocycles. The molecule has 0 radical (unpaired) electrons. The highest BCUT2D eigenvalue weighted by molar-refractivity contribution is 6.33. The van der Waals surface area contributed by atoms with Crippen molar-refractivity contribution in [3.8, 4) is 0 Å². The number of benzene rings is 2. The van der Waals surface area contributed by atoms with E-state index in [2.05, 4.69) is 9.88 Å². The number of ether oxygens (including phenoxy) is 1. The number of halogens is 1. The number of fused-ring (bicyclic) bond motifs is 1. The number of aromatic amines is 1. The summed E-state index contributed by atoms with van der Waals surface area (Å²) in [7, 11) is 0. The van der Waals surface area contributed by atoms with Gasteiger partial charge in [-0.25, -0.2) is 0 Å². The smallest absolute Gasteiger partial charge is 0.310 e. The molecule has 1 N–H and O–H groups in total.